The predicted molar refractivity (Wildman–Crippen MR) is 110 cm³/mol. The summed E-state index contributed by atoms with van der Waals surface area (Å²) in [6.45, 7) is 0.580. The smallest absolute Gasteiger partial charge is 0.410 e. The number of ether oxygens (including phenoxy) is 2. The standard InChI is InChI=1S/C23H26N2O5/c1-29-22(27)19(15-17-9-4-2-5-10-17)24-21(26)20-13-8-14-25(20)23(28)30-16-18-11-6-3-7-12-18/h2-7,9-12,19-20H,8,13-16H2,1H3,(H,24,26)/t19-,20+/m0/s1. The summed E-state index contributed by atoms with van der Waals surface area (Å²) in [7, 11) is 1.29. The lowest BCUT2D eigenvalue weighted by Gasteiger charge is -2.25. The SMILES string of the molecule is COC(=O)[C@H](Cc1ccccc1)NC(=O)[C@H]1CCCN1C(=O)OCc1ccccc1. The highest BCUT2D eigenvalue weighted by Gasteiger charge is 2.37. The molecule has 158 valence electrons. The van der Waals surface area contributed by atoms with Gasteiger partial charge in [-0.2, -0.15) is 0 Å². The van der Waals surface area contributed by atoms with E-state index < -0.39 is 24.1 Å². The van der Waals surface area contributed by atoms with Gasteiger partial charge in [0.25, 0.3) is 0 Å². The van der Waals surface area contributed by atoms with E-state index in [9.17, 15) is 14.4 Å². The van der Waals surface area contributed by atoms with Crippen LogP contribution in [0.5, 0.6) is 0 Å². The number of methoxy groups -OCH3 is 1. The number of esters is 1. The molecule has 0 spiro atoms. The van der Waals surface area contributed by atoms with E-state index in [2.05, 4.69) is 5.32 Å². The van der Waals surface area contributed by atoms with Crippen molar-refractivity contribution in [3.05, 3.63) is 71.8 Å². The number of carbonyl (C=O) groups excluding carboxylic acids is 3. The average Bonchev–Trinajstić information content (AvgIpc) is 3.28. The number of nitrogens with one attached hydrogen (secondary N) is 1. The number of hydrogen-bond acceptors (Lipinski definition) is 5. The maximum Gasteiger partial charge on any atom is 0.410 e. The van der Waals surface area contributed by atoms with E-state index in [-0.39, 0.29) is 12.5 Å². The van der Waals surface area contributed by atoms with Gasteiger partial charge in [0.15, 0.2) is 0 Å². The van der Waals surface area contributed by atoms with E-state index in [1.54, 1.807) is 0 Å². The summed E-state index contributed by atoms with van der Waals surface area (Å²) in [5, 5.41) is 2.75. The largest absolute Gasteiger partial charge is 0.467 e. The lowest BCUT2D eigenvalue weighted by molar-refractivity contribution is -0.145. The van der Waals surface area contributed by atoms with Crippen molar-refractivity contribution in [1.29, 1.82) is 0 Å². The second-order valence-corrected chi connectivity index (χ2v) is 7.17. The molecule has 1 aliphatic rings. The molecular weight excluding hydrogens is 384 g/mol. The molecule has 7 heteroatoms. The van der Waals surface area contributed by atoms with Gasteiger partial charge in [-0.05, 0) is 24.0 Å². The first-order chi connectivity index (χ1) is 14.6. The van der Waals surface area contributed by atoms with E-state index in [4.69, 9.17) is 9.47 Å². The van der Waals surface area contributed by atoms with Gasteiger partial charge in [0, 0.05) is 13.0 Å². The van der Waals surface area contributed by atoms with E-state index in [0.29, 0.717) is 25.8 Å². The zero-order chi connectivity index (χ0) is 21.3. The van der Waals surface area contributed by atoms with E-state index in [0.717, 1.165) is 11.1 Å². The van der Waals surface area contributed by atoms with Crippen LogP contribution < -0.4 is 5.32 Å². The second kappa shape index (κ2) is 10.4. The number of nitrogens with zero attached hydrogens (tertiary/aromatic N) is 1. The molecule has 1 heterocycles. The highest BCUT2D eigenvalue weighted by molar-refractivity contribution is 5.90. The fourth-order valence-corrected chi connectivity index (χ4v) is 3.51. The molecule has 30 heavy (non-hydrogen) atoms. The molecule has 7 nitrogen and oxygen atoms in total. The van der Waals surface area contributed by atoms with Crippen LogP contribution in [0.1, 0.15) is 24.0 Å². The van der Waals surface area contributed by atoms with Crippen LogP contribution in [0.4, 0.5) is 4.79 Å². The summed E-state index contributed by atoms with van der Waals surface area (Å²) in [6.07, 6.45) is 0.991. The summed E-state index contributed by atoms with van der Waals surface area (Å²) < 4.78 is 10.2. The number of amides is 2. The third-order valence-corrected chi connectivity index (χ3v) is 5.08. The van der Waals surface area contributed by atoms with Crippen molar-refractivity contribution in [2.24, 2.45) is 0 Å². The first-order valence-corrected chi connectivity index (χ1v) is 9.98. The Hall–Kier alpha value is -3.35. The first kappa shape index (κ1) is 21.4. The molecule has 1 aliphatic heterocycles. The monoisotopic (exact) mass is 410 g/mol. The molecule has 0 aliphatic carbocycles. The van der Waals surface area contributed by atoms with Crippen molar-refractivity contribution < 1.29 is 23.9 Å². The van der Waals surface area contributed by atoms with Gasteiger partial charge in [-0.3, -0.25) is 9.69 Å². The molecule has 2 aromatic rings. The topological polar surface area (TPSA) is 84.9 Å². The first-order valence-electron chi connectivity index (χ1n) is 9.98. The van der Waals surface area contributed by atoms with Crippen LogP contribution in [0.25, 0.3) is 0 Å². The van der Waals surface area contributed by atoms with Crippen LogP contribution in [0.3, 0.4) is 0 Å². The summed E-state index contributed by atoms with van der Waals surface area (Å²) in [5.74, 6) is -0.904. The highest BCUT2D eigenvalue weighted by atomic mass is 16.6. The Bertz CT molecular complexity index is 856. The fraction of sp³-hybridized carbons (Fsp3) is 0.348. The molecule has 2 aromatic carbocycles. The van der Waals surface area contributed by atoms with Crippen LogP contribution in [0.2, 0.25) is 0 Å². The number of carbonyl (C=O) groups is 3. The van der Waals surface area contributed by atoms with Gasteiger partial charge in [0.2, 0.25) is 5.91 Å². The summed E-state index contributed by atoms with van der Waals surface area (Å²) in [4.78, 5) is 39.0. The van der Waals surface area contributed by atoms with Crippen molar-refractivity contribution in [1.82, 2.24) is 10.2 Å². The molecule has 0 aromatic heterocycles. The van der Waals surface area contributed by atoms with Gasteiger partial charge >= 0.3 is 12.1 Å². The van der Waals surface area contributed by atoms with Crippen LogP contribution in [-0.4, -0.2) is 48.6 Å². The van der Waals surface area contributed by atoms with Crippen molar-refractivity contribution in [2.75, 3.05) is 13.7 Å². The van der Waals surface area contributed by atoms with Gasteiger partial charge in [-0.25, -0.2) is 9.59 Å². The minimum Gasteiger partial charge on any atom is -0.467 e. The fourth-order valence-electron chi connectivity index (χ4n) is 3.51. The molecule has 0 bridgehead atoms. The average molecular weight is 410 g/mol. The minimum atomic E-state index is -0.826. The zero-order valence-electron chi connectivity index (χ0n) is 17.0. The van der Waals surface area contributed by atoms with E-state index in [1.165, 1.54) is 12.0 Å². The van der Waals surface area contributed by atoms with Gasteiger partial charge < -0.3 is 14.8 Å². The third kappa shape index (κ3) is 5.59. The Morgan fingerprint density at radius 3 is 2.30 bits per heavy atom. The van der Waals surface area contributed by atoms with Gasteiger partial charge in [0.05, 0.1) is 7.11 Å². The maximum atomic E-state index is 12.9. The molecule has 3 rings (SSSR count). The van der Waals surface area contributed by atoms with E-state index >= 15 is 0 Å². The molecule has 0 unspecified atom stereocenters. The van der Waals surface area contributed by atoms with Crippen molar-refractivity contribution in [3.63, 3.8) is 0 Å². The number of rotatable bonds is 7. The Labute approximate surface area is 176 Å². The quantitative estimate of drug-likeness (QED) is 0.710. The van der Waals surface area contributed by atoms with Gasteiger partial charge in [-0.1, -0.05) is 60.7 Å². The lowest BCUT2D eigenvalue weighted by Crippen LogP contribution is -2.51. The minimum absolute atomic E-state index is 0.142. The normalized spacial score (nSPS) is 16.6. The molecule has 1 N–H and O–H groups in total. The molecule has 2 amide bonds. The lowest BCUT2D eigenvalue weighted by atomic mass is 10.1. The molecule has 0 saturated carbocycles. The third-order valence-electron chi connectivity index (χ3n) is 5.08. The van der Waals surface area contributed by atoms with Crippen LogP contribution >= 0.6 is 0 Å². The van der Waals surface area contributed by atoms with Crippen LogP contribution in [0.15, 0.2) is 60.7 Å². The number of benzene rings is 2. The molecule has 1 saturated heterocycles. The predicted octanol–water partition coefficient (Wildman–Crippen LogP) is 2.69. The Morgan fingerprint density at radius 1 is 1.03 bits per heavy atom. The Balaban J connectivity index is 1.61. The summed E-state index contributed by atoms with van der Waals surface area (Å²) >= 11 is 0. The highest BCUT2D eigenvalue weighted by Crippen LogP contribution is 2.19. The molecule has 2 atom stereocenters. The van der Waals surface area contributed by atoms with Crippen LogP contribution in [0, 0.1) is 0 Å². The maximum absolute atomic E-state index is 12.9. The van der Waals surface area contributed by atoms with Gasteiger partial charge in [0.1, 0.15) is 18.7 Å². The van der Waals surface area contributed by atoms with Crippen molar-refractivity contribution >= 4 is 18.0 Å². The van der Waals surface area contributed by atoms with Crippen molar-refractivity contribution in [3.8, 4) is 0 Å². The van der Waals surface area contributed by atoms with E-state index in [1.807, 2.05) is 60.7 Å². The Morgan fingerprint density at radius 2 is 1.67 bits per heavy atom. The second-order valence-electron chi connectivity index (χ2n) is 7.17. The van der Waals surface area contributed by atoms with Crippen LogP contribution in [-0.2, 0) is 32.1 Å². The molecule has 1 fully saturated rings. The number of likely N-dealkylation sites (tertiary alicyclic amines) is 1. The summed E-state index contributed by atoms with van der Waals surface area (Å²) in [5.41, 5.74) is 1.78. The van der Waals surface area contributed by atoms with Crippen molar-refractivity contribution in [2.45, 2.75) is 38.0 Å². The summed E-state index contributed by atoms with van der Waals surface area (Å²) in [6, 6.07) is 17.2. The Kier molecular flexibility index (Phi) is 7.43. The molecular formula is C23H26N2O5. The molecule has 0 radical (unpaired) electrons. The van der Waals surface area contributed by atoms with Gasteiger partial charge in [-0.15, -0.1) is 0 Å². The number of hydrogen-bond donors (Lipinski definition) is 1. The zero-order valence-corrected chi connectivity index (χ0v) is 17.0.